The number of nitrogens with zero attached hydrogens (tertiary/aromatic N) is 2. The third kappa shape index (κ3) is 5.75. The van der Waals surface area contributed by atoms with Crippen molar-refractivity contribution < 1.29 is 32.2 Å². The number of fused-ring (bicyclic) bond motifs is 20. The van der Waals surface area contributed by atoms with Gasteiger partial charge in [-0.05, 0) is 80.5 Å². The SMILES string of the molecule is O=[N+]([O-])C1CCC2C3NC4NC(NC5NC(NC6NC(NC(N3)C2C1[N+](=O)[O-])C1CCCCC61)C1CCCCC51)C1CCCCC41.[Au+]. The van der Waals surface area contributed by atoms with Crippen LogP contribution in [0.25, 0.3) is 0 Å². The van der Waals surface area contributed by atoms with E-state index < -0.39 is 18.0 Å². The fourth-order valence-corrected chi connectivity index (χ4v) is 12.5. The van der Waals surface area contributed by atoms with Crippen molar-refractivity contribution in [1.29, 1.82) is 0 Å². The molecule has 266 valence electrons. The monoisotopic (exact) mass is 839 g/mol. The quantitative estimate of drug-likeness (QED) is 0.113. The van der Waals surface area contributed by atoms with E-state index in [1.807, 2.05) is 0 Å². The molecule has 4 saturated carbocycles. The third-order valence-electron chi connectivity index (χ3n) is 14.5. The molecule has 4 aliphatic carbocycles. The molecule has 8 bridgehead atoms. The minimum Gasteiger partial charge on any atom is -0.286 e. The number of hydrogen-bond donors (Lipinski definition) is 8. The molecule has 9 fully saturated rings. The Morgan fingerprint density at radius 2 is 0.681 bits per heavy atom. The van der Waals surface area contributed by atoms with Gasteiger partial charge in [-0.1, -0.05) is 38.5 Å². The van der Waals surface area contributed by atoms with Gasteiger partial charge in [0, 0.05) is 22.2 Å². The van der Waals surface area contributed by atoms with Crippen molar-refractivity contribution in [3.05, 3.63) is 20.2 Å². The van der Waals surface area contributed by atoms with Crippen molar-refractivity contribution in [2.24, 2.45) is 47.3 Å². The van der Waals surface area contributed by atoms with Crippen LogP contribution in [0.3, 0.4) is 0 Å². The van der Waals surface area contributed by atoms with Gasteiger partial charge in [-0.15, -0.1) is 0 Å². The van der Waals surface area contributed by atoms with E-state index in [9.17, 15) is 20.2 Å². The molecule has 9 rings (SSSR count). The molecule has 15 heteroatoms. The molecule has 5 heterocycles. The van der Waals surface area contributed by atoms with Crippen LogP contribution in [0.4, 0.5) is 0 Å². The standard InChI is InChI=1S/C32H54N10O4.Au/c43-41(44)22-14-13-21-23(24(22)42(45)46)32-39-30-20-12-6-5-11-19(20)28(37-30)35-26-16-8-2-1-7-15(16)25(33-26)34-27-17-9-3-4-10-18(17)29(36-27)38-31(21)40-32;/h15-40H,1-14H2;/q;+1. The molecule has 0 aromatic heterocycles. The molecule has 0 aromatic rings. The van der Waals surface area contributed by atoms with E-state index in [1.165, 1.54) is 70.6 Å². The second-order valence-electron chi connectivity index (χ2n) is 16.4. The summed E-state index contributed by atoms with van der Waals surface area (Å²) >= 11 is 0. The normalized spacial score (nSPS) is 53.5. The van der Waals surface area contributed by atoms with Crippen LogP contribution < -0.4 is 42.5 Å². The summed E-state index contributed by atoms with van der Waals surface area (Å²) in [4.78, 5) is 24.1. The maximum absolute atomic E-state index is 12.6. The van der Waals surface area contributed by atoms with E-state index in [0.717, 1.165) is 6.42 Å². The first-order chi connectivity index (χ1) is 22.4. The summed E-state index contributed by atoms with van der Waals surface area (Å²) in [5.41, 5.74) is 0. The molecule has 0 aromatic carbocycles. The molecule has 47 heavy (non-hydrogen) atoms. The maximum atomic E-state index is 12.6. The smallest absolute Gasteiger partial charge is 0.286 e. The van der Waals surface area contributed by atoms with E-state index in [1.54, 1.807) is 0 Å². The Morgan fingerprint density at radius 3 is 0.979 bits per heavy atom. The molecule has 0 spiro atoms. The zero-order chi connectivity index (χ0) is 31.1. The Hall–Kier alpha value is -0.780. The van der Waals surface area contributed by atoms with Crippen molar-refractivity contribution in [2.75, 3.05) is 0 Å². The molecule has 18 unspecified atom stereocenters. The third-order valence-corrected chi connectivity index (χ3v) is 14.5. The van der Waals surface area contributed by atoms with E-state index >= 15 is 0 Å². The van der Waals surface area contributed by atoms with Crippen LogP contribution in [0.5, 0.6) is 0 Å². The molecule has 9 aliphatic rings. The van der Waals surface area contributed by atoms with Gasteiger partial charge in [0.2, 0.25) is 0 Å². The van der Waals surface area contributed by atoms with Crippen LogP contribution in [-0.2, 0) is 22.4 Å². The van der Waals surface area contributed by atoms with E-state index in [-0.39, 0.29) is 93.9 Å². The maximum Gasteiger partial charge on any atom is 1.00 e. The number of nitrogens with one attached hydrogen (secondary N) is 8. The van der Waals surface area contributed by atoms with Crippen LogP contribution in [-0.4, -0.2) is 71.3 Å². The van der Waals surface area contributed by atoms with Gasteiger partial charge in [0.25, 0.3) is 12.1 Å². The Bertz CT molecular complexity index is 1190. The van der Waals surface area contributed by atoms with Gasteiger partial charge < -0.3 is 0 Å². The summed E-state index contributed by atoms with van der Waals surface area (Å²) in [6, 6.07) is -2.38. The van der Waals surface area contributed by atoms with Crippen molar-refractivity contribution in [3.63, 3.8) is 0 Å². The van der Waals surface area contributed by atoms with Crippen molar-refractivity contribution in [2.45, 2.75) is 151 Å². The van der Waals surface area contributed by atoms with Gasteiger partial charge in [0.15, 0.2) is 0 Å². The molecule has 18 atom stereocenters. The molecular weight excluding hydrogens is 785 g/mol. The second-order valence-corrected chi connectivity index (χ2v) is 16.4. The average molecular weight is 840 g/mol. The first-order valence-corrected chi connectivity index (χ1v) is 18.8. The fourth-order valence-electron chi connectivity index (χ4n) is 12.5. The van der Waals surface area contributed by atoms with Crippen molar-refractivity contribution >= 4 is 0 Å². The average Bonchev–Trinajstić information content (AvgIpc) is 3.80. The predicted molar refractivity (Wildman–Crippen MR) is 170 cm³/mol. The summed E-state index contributed by atoms with van der Waals surface area (Å²) in [7, 11) is 0. The topological polar surface area (TPSA) is 183 Å². The zero-order valence-corrected chi connectivity index (χ0v) is 29.3. The first kappa shape index (κ1) is 33.4. The number of hydrogen-bond acceptors (Lipinski definition) is 12. The summed E-state index contributed by atoms with van der Waals surface area (Å²) < 4.78 is 0. The fraction of sp³-hybridized carbons (Fsp3) is 1.00. The molecule has 8 N–H and O–H groups in total. The van der Waals surface area contributed by atoms with E-state index in [4.69, 9.17) is 0 Å². The number of nitro groups is 2. The van der Waals surface area contributed by atoms with Gasteiger partial charge >= 0.3 is 22.4 Å². The van der Waals surface area contributed by atoms with Gasteiger partial charge in [-0.25, -0.2) is 0 Å². The minimum absolute atomic E-state index is 0. The summed E-state index contributed by atoms with van der Waals surface area (Å²) in [6.45, 7) is 0. The predicted octanol–water partition coefficient (Wildman–Crippen LogP) is 1.11. The molecular formula is C32H54AuN10O4+. The van der Waals surface area contributed by atoms with Crippen LogP contribution in [0.1, 0.15) is 89.9 Å². The second kappa shape index (κ2) is 13.4. The van der Waals surface area contributed by atoms with Crippen LogP contribution in [0.15, 0.2) is 0 Å². The van der Waals surface area contributed by atoms with Crippen molar-refractivity contribution in [1.82, 2.24) is 42.5 Å². The Kier molecular flexibility index (Phi) is 9.52. The largest absolute Gasteiger partial charge is 1.00 e. The van der Waals surface area contributed by atoms with Gasteiger partial charge in [-0.2, -0.15) is 0 Å². The van der Waals surface area contributed by atoms with E-state index in [2.05, 4.69) is 42.5 Å². The van der Waals surface area contributed by atoms with Gasteiger partial charge in [-0.3, -0.25) is 62.8 Å². The van der Waals surface area contributed by atoms with E-state index in [0.29, 0.717) is 41.9 Å². The first-order valence-electron chi connectivity index (χ1n) is 18.8. The Morgan fingerprint density at radius 1 is 0.383 bits per heavy atom. The summed E-state index contributed by atoms with van der Waals surface area (Å²) in [6.07, 6.45) is 15.9. The molecule has 14 nitrogen and oxygen atoms in total. The Balaban J connectivity index is 0.00000324. The van der Waals surface area contributed by atoms with Crippen molar-refractivity contribution in [3.8, 4) is 0 Å². The van der Waals surface area contributed by atoms with Gasteiger partial charge in [0.05, 0.1) is 55.2 Å². The molecule has 0 amide bonds. The summed E-state index contributed by atoms with van der Waals surface area (Å²) in [5.74, 6) is 2.58. The molecule has 0 radical (unpaired) electrons. The van der Waals surface area contributed by atoms with Crippen LogP contribution in [0, 0.1) is 67.6 Å². The van der Waals surface area contributed by atoms with Crippen LogP contribution >= 0.6 is 0 Å². The minimum atomic E-state index is -1.22. The number of rotatable bonds is 2. The van der Waals surface area contributed by atoms with Crippen LogP contribution in [0.2, 0.25) is 0 Å². The van der Waals surface area contributed by atoms with Gasteiger partial charge in [0.1, 0.15) is 0 Å². The zero-order valence-electron chi connectivity index (χ0n) is 27.1. The molecule has 5 saturated heterocycles. The Labute approximate surface area is 292 Å². The molecule has 5 aliphatic heterocycles. The summed E-state index contributed by atoms with van der Waals surface area (Å²) in [5, 5.41) is 56.8.